The first-order chi connectivity index (χ1) is 10.1. The molecule has 2 aromatic rings. The lowest BCUT2D eigenvalue weighted by molar-refractivity contribution is 0.588. The average Bonchev–Trinajstić information content (AvgIpc) is 2.87. The van der Waals surface area contributed by atoms with Crippen LogP contribution in [0.4, 0.5) is 0 Å². The minimum Gasteiger partial charge on any atom is -0.335 e. The van der Waals surface area contributed by atoms with Crippen molar-refractivity contribution in [2.75, 3.05) is 0 Å². The molecule has 0 radical (unpaired) electrons. The molecule has 1 aromatic carbocycles. The van der Waals surface area contributed by atoms with Gasteiger partial charge in [0.15, 0.2) is 0 Å². The maximum atomic E-state index is 6.28. The van der Waals surface area contributed by atoms with E-state index in [0.29, 0.717) is 6.04 Å². The number of nitrogens with zero attached hydrogens (tertiary/aromatic N) is 2. The fourth-order valence-corrected chi connectivity index (χ4v) is 2.51. The van der Waals surface area contributed by atoms with Gasteiger partial charge < -0.3 is 9.88 Å². The Morgan fingerprint density at radius 1 is 1.33 bits per heavy atom. The third-order valence-electron chi connectivity index (χ3n) is 3.44. The van der Waals surface area contributed by atoms with Crippen molar-refractivity contribution in [1.82, 2.24) is 14.9 Å². The molecule has 1 heterocycles. The summed E-state index contributed by atoms with van der Waals surface area (Å²) in [6, 6.07) is 6.71. The molecule has 0 aliphatic rings. The van der Waals surface area contributed by atoms with E-state index >= 15 is 0 Å². The number of benzene rings is 1. The fraction of sp³-hybridized carbons (Fsp3) is 0.471. The topological polar surface area (TPSA) is 29.9 Å². The van der Waals surface area contributed by atoms with Gasteiger partial charge in [0, 0.05) is 43.0 Å². The summed E-state index contributed by atoms with van der Waals surface area (Å²) in [5.41, 5.74) is 2.40. The molecule has 1 N–H and O–H groups in total. The summed E-state index contributed by atoms with van der Waals surface area (Å²) >= 11 is 6.28. The van der Waals surface area contributed by atoms with Crippen molar-refractivity contribution in [3.05, 3.63) is 52.6 Å². The fourth-order valence-electron chi connectivity index (χ4n) is 2.32. The van der Waals surface area contributed by atoms with Gasteiger partial charge in [-0.15, -0.1) is 0 Å². The molecule has 0 saturated heterocycles. The molecule has 0 amide bonds. The number of hydrogen-bond donors (Lipinski definition) is 1. The van der Waals surface area contributed by atoms with Crippen molar-refractivity contribution >= 4 is 11.6 Å². The van der Waals surface area contributed by atoms with Gasteiger partial charge in [-0.05, 0) is 23.6 Å². The van der Waals surface area contributed by atoms with E-state index in [1.807, 2.05) is 12.3 Å². The average molecular weight is 306 g/mol. The first kappa shape index (κ1) is 16.1. The standard InChI is InChI=1S/C17H24ClN3/c1-4-8-21-9-7-19-17(21)11-14-5-6-16(18)15(10-14)12-20-13(2)3/h5-7,9-10,13,20H,4,8,11-12H2,1-3H3. The van der Waals surface area contributed by atoms with E-state index in [4.69, 9.17) is 11.6 Å². The van der Waals surface area contributed by atoms with Crippen LogP contribution in [-0.4, -0.2) is 15.6 Å². The highest BCUT2D eigenvalue weighted by Crippen LogP contribution is 2.19. The molecule has 0 unspecified atom stereocenters. The number of aryl methyl sites for hydroxylation is 1. The molecular weight excluding hydrogens is 282 g/mol. The minimum atomic E-state index is 0.452. The first-order valence-corrected chi connectivity index (χ1v) is 7.98. The highest BCUT2D eigenvalue weighted by molar-refractivity contribution is 6.31. The van der Waals surface area contributed by atoms with Crippen LogP contribution in [0.1, 0.15) is 44.1 Å². The summed E-state index contributed by atoms with van der Waals surface area (Å²) in [7, 11) is 0. The van der Waals surface area contributed by atoms with Crippen LogP contribution in [0.25, 0.3) is 0 Å². The number of hydrogen-bond acceptors (Lipinski definition) is 2. The summed E-state index contributed by atoms with van der Waals surface area (Å²) in [6.45, 7) is 8.28. The zero-order chi connectivity index (χ0) is 15.2. The maximum Gasteiger partial charge on any atom is 0.113 e. The molecule has 4 heteroatoms. The van der Waals surface area contributed by atoms with Crippen LogP contribution in [-0.2, 0) is 19.5 Å². The number of nitrogens with one attached hydrogen (secondary N) is 1. The second kappa shape index (κ2) is 7.62. The van der Waals surface area contributed by atoms with Crippen molar-refractivity contribution in [2.24, 2.45) is 0 Å². The van der Waals surface area contributed by atoms with Crippen LogP contribution >= 0.6 is 11.6 Å². The lowest BCUT2D eigenvalue weighted by Crippen LogP contribution is -2.22. The molecular formula is C17H24ClN3. The quantitative estimate of drug-likeness (QED) is 0.837. The maximum absolute atomic E-state index is 6.28. The summed E-state index contributed by atoms with van der Waals surface area (Å²) in [6.07, 6.45) is 5.89. The van der Waals surface area contributed by atoms with Gasteiger partial charge >= 0.3 is 0 Å². The molecule has 0 fully saturated rings. The second-order valence-corrected chi connectivity index (χ2v) is 6.08. The van der Waals surface area contributed by atoms with E-state index in [1.165, 1.54) is 5.56 Å². The van der Waals surface area contributed by atoms with Gasteiger partial charge in [-0.2, -0.15) is 0 Å². The highest BCUT2D eigenvalue weighted by atomic mass is 35.5. The molecule has 0 aliphatic heterocycles. The third-order valence-corrected chi connectivity index (χ3v) is 3.81. The lowest BCUT2D eigenvalue weighted by atomic mass is 10.1. The molecule has 0 spiro atoms. The van der Waals surface area contributed by atoms with Crippen LogP contribution < -0.4 is 5.32 Å². The van der Waals surface area contributed by atoms with Crippen molar-refractivity contribution in [2.45, 2.75) is 52.7 Å². The largest absolute Gasteiger partial charge is 0.335 e. The Kier molecular flexibility index (Phi) is 5.83. The Morgan fingerprint density at radius 2 is 2.14 bits per heavy atom. The van der Waals surface area contributed by atoms with Gasteiger partial charge in [-0.3, -0.25) is 0 Å². The van der Waals surface area contributed by atoms with E-state index < -0.39 is 0 Å². The Bertz CT molecular complexity index is 575. The van der Waals surface area contributed by atoms with E-state index in [1.54, 1.807) is 0 Å². The molecule has 1 aromatic heterocycles. The highest BCUT2D eigenvalue weighted by Gasteiger charge is 2.07. The molecule has 0 aliphatic carbocycles. The zero-order valence-corrected chi connectivity index (χ0v) is 13.8. The summed E-state index contributed by atoms with van der Waals surface area (Å²) < 4.78 is 2.22. The third kappa shape index (κ3) is 4.58. The Hall–Kier alpha value is -1.32. The Labute approximate surface area is 132 Å². The second-order valence-electron chi connectivity index (χ2n) is 5.68. The molecule has 3 nitrogen and oxygen atoms in total. The van der Waals surface area contributed by atoms with Gasteiger partial charge in [0.1, 0.15) is 5.82 Å². The van der Waals surface area contributed by atoms with Crippen LogP contribution in [0.5, 0.6) is 0 Å². The summed E-state index contributed by atoms with van der Waals surface area (Å²) in [5, 5.41) is 4.24. The van der Waals surface area contributed by atoms with E-state index in [2.05, 4.69) is 54.0 Å². The van der Waals surface area contributed by atoms with Gasteiger partial charge in [0.05, 0.1) is 0 Å². The SMILES string of the molecule is CCCn1ccnc1Cc1ccc(Cl)c(CNC(C)C)c1. The van der Waals surface area contributed by atoms with Gasteiger partial charge in [-0.25, -0.2) is 4.98 Å². The van der Waals surface area contributed by atoms with Gasteiger partial charge in [-0.1, -0.05) is 44.5 Å². The van der Waals surface area contributed by atoms with Gasteiger partial charge in [0.2, 0.25) is 0 Å². The Morgan fingerprint density at radius 3 is 2.86 bits per heavy atom. The van der Waals surface area contributed by atoms with Crippen molar-refractivity contribution in [3.8, 4) is 0 Å². The zero-order valence-electron chi connectivity index (χ0n) is 13.1. The normalized spacial score (nSPS) is 11.3. The molecule has 21 heavy (non-hydrogen) atoms. The smallest absolute Gasteiger partial charge is 0.113 e. The molecule has 114 valence electrons. The van der Waals surface area contributed by atoms with Crippen LogP contribution in [0.3, 0.4) is 0 Å². The van der Waals surface area contributed by atoms with Crippen molar-refractivity contribution in [1.29, 1.82) is 0 Å². The predicted octanol–water partition coefficient (Wildman–Crippen LogP) is 4.04. The lowest BCUT2D eigenvalue weighted by Gasteiger charge is -2.12. The summed E-state index contributed by atoms with van der Waals surface area (Å²) in [4.78, 5) is 4.47. The van der Waals surface area contributed by atoms with E-state index in [9.17, 15) is 0 Å². The molecule has 2 rings (SSSR count). The monoisotopic (exact) mass is 305 g/mol. The first-order valence-electron chi connectivity index (χ1n) is 7.60. The number of rotatable bonds is 7. The number of imidazole rings is 1. The van der Waals surface area contributed by atoms with Crippen molar-refractivity contribution < 1.29 is 0 Å². The number of aromatic nitrogens is 2. The number of halogens is 1. The molecule has 0 atom stereocenters. The van der Waals surface area contributed by atoms with E-state index in [0.717, 1.165) is 42.3 Å². The van der Waals surface area contributed by atoms with Crippen LogP contribution in [0.15, 0.2) is 30.6 Å². The van der Waals surface area contributed by atoms with Crippen LogP contribution in [0.2, 0.25) is 5.02 Å². The predicted molar refractivity (Wildman–Crippen MR) is 88.8 cm³/mol. The molecule has 0 bridgehead atoms. The van der Waals surface area contributed by atoms with Crippen molar-refractivity contribution in [3.63, 3.8) is 0 Å². The van der Waals surface area contributed by atoms with Gasteiger partial charge in [0.25, 0.3) is 0 Å². The van der Waals surface area contributed by atoms with Crippen LogP contribution in [0, 0.1) is 0 Å². The minimum absolute atomic E-state index is 0.452. The Balaban J connectivity index is 2.13. The van der Waals surface area contributed by atoms with E-state index in [-0.39, 0.29) is 0 Å². The molecule has 0 saturated carbocycles. The summed E-state index contributed by atoms with van der Waals surface area (Å²) in [5.74, 6) is 1.11.